The maximum atomic E-state index is 12.1. The third-order valence-electron chi connectivity index (χ3n) is 4.86. The summed E-state index contributed by atoms with van der Waals surface area (Å²) in [6.07, 6.45) is 1.10. The lowest BCUT2D eigenvalue weighted by molar-refractivity contribution is -0.121. The number of aryl methyl sites for hydroxylation is 1. The zero-order valence-electron chi connectivity index (χ0n) is 16.2. The number of carbonyl (C=O) groups excluding carboxylic acids is 1. The summed E-state index contributed by atoms with van der Waals surface area (Å²) in [5.74, 6) is 1.49. The predicted molar refractivity (Wildman–Crippen MR) is 113 cm³/mol. The first kappa shape index (κ1) is 18.7. The van der Waals surface area contributed by atoms with Gasteiger partial charge in [0.15, 0.2) is 5.76 Å². The molecule has 1 heterocycles. The van der Waals surface area contributed by atoms with Gasteiger partial charge in [-0.2, -0.15) is 0 Å². The van der Waals surface area contributed by atoms with Gasteiger partial charge in [-0.3, -0.25) is 4.79 Å². The van der Waals surface area contributed by atoms with Crippen LogP contribution in [0.15, 0.2) is 77.3 Å². The third-order valence-corrected chi connectivity index (χ3v) is 4.86. The molecule has 0 fully saturated rings. The van der Waals surface area contributed by atoms with E-state index in [-0.39, 0.29) is 5.91 Å². The van der Waals surface area contributed by atoms with Crippen molar-refractivity contribution in [2.75, 3.05) is 7.11 Å². The second-order valence-electron chi connectivity index (χ2n) is 6.87. The number of methoxy groups -OCH3 is 1. The molecule has 0 aliphatic heterocycles. The predicted octanol–water partition coefficient (Wildman–Crippen LogP) is 4.75. The van der Waals surface area contributed by atoms with Crippen LogP contribution < -0.4 is 10.1 Å². The summed E-state index contributed by atoms with van der Waals surface area (Å²) in [5.41, 5.74) is 2.76. The number of ether oxygens (including phenoxy) is 1. The molecule has 3 aromatic carbocycles. The van der Waals surface area contributed by atoms with Crippen molar-refractivity contribution in [1.29, 1.82) is 0 Å². The molecule has 0 atom stereocenters. The molecule has 4 rings (SSSR count). The van der Waals surface area contributed by atoms with E-state index in [0.717, 1.165) is 22.3 Å². The zero-order chi connectivity index (χ0) is 20.1. The average Bonchev–Trinajstić information content (AvgIpc) is 3.25. The van der Waals surface area contributed by atoms with Crippen molar-refractivity contribution in [3.63, 3.8) is 0 Å². The molecule has 5 heteroatoms. The van der Waals surface area contributed by atoms with Gasteiger partial charge in [0.2, 0.25) is 5.91 Å². The van der Waals surface area contributed by atoms with Crippen molar-refractivity contribution < 1.29 is 14.1 Å². The highest BCUT2D eigenvalue weighted by Gasteiger charge is 2.09. The Morgan fingerprint density at radius 2 is 1.79 bits per heavy atom. The minimum atomic E-state index is -0.0175. The maximum Gasteiger partial charge on any atom is 0.220 e. The van der Waals surface area contributed by atoms with Gasteiger partial charge in [0.1, 0.15) is 11.4 Å². The number of nitrogens with zero attached hydrogens (tertiary/aromatic N) is 1. The Morgan fingerprint density at radius 3 is 2.59 bits per heavy atom. The van der Waals surface area contributed by atoms with Gasteiger partial charge in [0.25, 0.3) is 0 Å². The molecule has 0 radical (unpaired) electrons. The third kappa shape index (κ3) is 4.63. The van der Waals surface area contributed by atoms with Gasteiger partial charge >= 0.3 is 0 Å². The highest BCUT2D eigenvalue weighted by molar-refractivity contribution is 5.86. The van der Waals surface area contributed by atoms with Gasteiger partial charge < -0.3 is 14.6 Å². The molecule has 0 spiro atoms. The van der Waals surface area contributed by atoms with E-state index in [1.54, 1.807) is 7.11 Å². The fraction of sp³-hybridized carbons (Fsp3) is 0.167. The lowest BCUT2D eigenvalue weighted by Gasteiger charge is -2.04. The molecule has 1 N–H and O–H groups in total. The molecule has 0 saturated carbocycles. The number of fused-ring (bicyclic) bond motifs is 1. The summed E-state index contributed by atoms with van der Waals surface area (Å²) >= 11 is 0. The molecule has 4 aromatic rings. The maximum absolute atomic E-state index is 12.1. The molecule has 29 heavy (non-hydrogen) atoms. The SMILES string of the molecule is COc1ccc(CCC(=O)NCc2cc(-c3ccc4ccccc4c3)on2)cc1. The smallest absolute Gasteiger partial charge is 0.220 e. The first-order valence-corrected chi connectivity index (χ1v) is 9.56. The standard InChI is InChI=1S/C24H22N2O3/c1-28-22-11-6-17(7-12-22)8-13-24(27)25-16-21-15-23(29-26-21)20-10-9-18-4-2-3-5-19(18)14-20/h2-7,9-12,14-15H,8,13,16H2,1H3,(H,25,27). The Hall–Kier alpha value is -3.60. The van der Waals surface area contributed by atoms with Crippen LogP contribution in [0.1, 0.15) is 17.7 Å². The van der Waals surface area contributed by atoms with Crippen molar-refractivity contribution in [2.45, 2.75) is 19.4 Å². The van der Waals surface area contributed by atoms with Crippen molar-refractivity contribution in [2.24, 2.45) is 0 Å². The summed E-state index contributed by atoms with van der Waals surface area (Å²) in [6, 6.07) is 23.9. The number of carbonyl (C=O) groups is 1. The lowest BCUT2D eigenvalue weighted by Crippen LogP contribution is -2.23. The second kappa shape index (κ2) is 8.61. The monoisotopic (exact) mass is 386 g/mol. The van der Waals surface area contributed by atoms with Crippen LogP contribution >= 0.6 is 0 Å². The highest BCUT2D eigenvalue weighted by atomic mass is 16.5. The van der Waals surface area contributed by atoms with E-state index < -0.39 is 0 Å². The van der Waals surface area contributed by atoms with Crippen molar-refractivity contribution in [3.8, 4) is 17.1 Å². The van der Waals surface area contributed by atoms with Gasteiger partial charge in [-0.15, -0.1) is 0 Å². The van der Waals surface area contributed by atoms with Crippen molar-refractivity contribution >= 4 is 16.7 Å². The Balaban J connectivity index is 1.32. The van der Waals surface area contributed by atoms with Crippen LogP contribution in [0.25, 0.3) is 22.1 Å². The molecular weight excluding hydrogens is 364 g/mol. The van der Waals surface area contributed by atoms with E-state index in [4.69, 9.17) is 9.26 Å². The number of benzene rings is 3. The van der Waals surface area contributed by atoms with Gasteiger partial charge in [-0.25, -0.2) is 0 Å². The van der Waals surface area contributed by atoms with Gasteiger partial charge in [0, 0.05) is 18.1 Å². The molecular formula is C24H22N2O3. The number of hydrogen-bond donors (Lipinski definition) is 1. The Morgan fingerprint density at radius 1 is 1.00 bits per heavy atom. The molecule has 0 aliphatic rings. The van der Waals surface area contributed by atoms with Crippen LogP contribution in [0.5, 0.6) is 5.75 Å². The van der Waals surface area contributed by atoms with Crippen LogP contribution in [-0.2, 0) is 17.8 Å². The van der Waals surface area contributed by atoms with Crippen molar-refractivity contribution in [1.82, 2.24) is 10.5 Å². The summed E-state index contributed by atoms with van der Waals surface area (Å²) in [5, 5.41) is 9.31. The fourth-order valence-electron chi connectivity index (χ4n) is 3.20. The Kier molecular flexibility index (Phi) is 5.56. The average molecular weight is 386 g/mol. The van der Waals surface area contributed by atoms with E-state index in [0.29, 0.717) is 30.8 Å². The zero-order valence-corrected chi connectivity index (χ0v) is 16.2. The number of aromatic nitrogens is 1. The van der Waals surface area contributed by atoms with E-state index >= 15 is 0 Å². The minimum Gasteiger partial charge on any atom is -0.497 e. The van der Waals surface area contributed by atoms with Crippen LogP contribution in [0.4, 0.5) is 0 Å². The molecule has 1 amide bonds. The minimum absolute atomic E-state index is 0.0175. The van der Waals surface area contributed by atoms with E-state index in [9.17, 15) is 4.79 Å². The second-order valence-corrected chi connectivity index (χ2v) is 6.87. The van der Waals surface area contributed by atoms with E-state index in [2.05, 4.69) is 34.7 Å². The summed E-state index contributed by atoms with van der Waals surface area (Å²) < 4.78 is 10.6. The lowest BCUT2D eigenvalue weighted by atomic mass is 10.1. The van der Waals surface area contributed by atoms with Crippen LogP contribution in [0.3, 0.4) is 0 Å². The van der Waals surface area contributed by atoms with Crippen molar-refractivity contribution in [3.05, 3.63) is 84.1 Å². The summed E-state index contributed by atoms with van der Waals surface area (Å²) in [7, 11) is 1.64. The molecule has 1 aromatic heterocycles. The van der Waals surface area contributed by atoms with Crippen LogP contribution in [-0.4, -0.2) is 18.2 Å². The van der Waals surface area contributed by atoms with Crippen LogP contribution in [0, 0.1) is 0 Å². The molecule has 5 nitrogen and oxygen atoms in total. The first-order chi connectivity index (χ1) is 14.2. The molecule has 146 valence electrons. The number of amides is 1. The normalized spacial score (nSPS) is 10.8. The molecule has 0 saturated heterocycles. The van der Waals surface area contributed by atoms with Gasteiger partial charge in [-0.1, -0.05) is 53.7 Å². The summed E-state index contributed by atoms with van der Waals surface area (Å²) in [6.45, 7) is 0.346. The van der Waals surface area contributed by atoms with Crippen LogP contribution in [0.2, 0.25) is 0 Å². The van der Waals surface area contributed by atoms with E-state index in [1.807, 2.05) is 48.5 Å². The molecule has 0 unspecified atom stereocenters. The summed E-state index contributed by atoms with van der Waals surface area (Å²) in [4.78, 5) is 12.1. The Bertz CT molecular complexity index is 1120. The number of hydrogen-bond acceptors (Lipinski definition) is 4. The van der Waals surface area contributed by atoms with Gasteiger partial charge in [-0.05, 0) is 41.0 Å². The number of rotatable bonds is 7. The molecule has 0 bridgehead atoms. The fourth-order valence-corrected chi connectivity index (χ4v) is 3.20. The highest BCUT2D eigenvalue weighted by Crippen LogP contribution is 2.25. The van der Waals surface area contributed by atoms with E-state index in [1.165, 1.54) is 5.39 Å². The largest absolute Gasteiger partial charge is 0.497 e. The topological polar surface area (TPSA) is 64.4 Å². The first-order valence-electron chi connectivity index (χ1n) is 9.56. The molecule has 0 aliphatic carbocycles. The number of nitrogens with one attached hydrogen (secondary N) is 1. The quantitative estimate of drug-likeness (QED) is 0.498. The van der Waals surface area contributed by atoms with Gasteiger partial charge in [0.05, 0.1) is 13.7 Å². The Labute approximate surface area is 169 Å².